The quantitative estimate of drug-likeness (QED) is 0.210. The molecule has 232 valence electrons. The number of methoxy groups -OCH3 is 2. The number of hydrogen-bond donors (Lipinski definition) is 2. The van der Waals surface area contributed by atoms with Crippen LogP contribution in [0, 0.1) is 5.92 Å². The number of benzene rings is 3. The van der Waals surface area contributed by atoms with Gasteiger partial charge in [-0.1, -0.05) is 54.6 Å². The standard InChI is InChI=1S/C35H36N4O6/c1-23(27-7-5-4-6-8-27)37-35(43)39-32(34(41)42)30(33(39)40)19-26-17-18-36-31(20-26)38(21-24-9-13-28(44-2)14-10-24)22-25-11-15-29(45-3)16-12-25/h4-18,20,23,30,32H,19,21-22H2,1-3H3,(H,37,43)(H,41,42)/t23-,30-,32+/m1/s1. The van der Waals surface area contributed by atoms with Crippen molar-refractivity contribution in [3.8, 4) is 11.5 Å². The van der Waals surface area contributed by atoms with E-state index in [1.165, 1.54) is 0 Å². The van der Waals surface area contributed by atoms with Crippen LogP contribution in [0.4, 0.5) is 10.6 Å². The molecule has 0 spiro atoms. The lowest BCUT2D eigenvalue weighted by Crippen LogP contribution is -2.68. The largest absolute Gasteiger partial charge is 0.497 e. The number of pyridine rings is 1. The molecule has 0 unspecified atom stereocenters. The average Bonchev–Trinajstić information content (AvgIpc) is 3.06. The third kappa shape index (κ3) is 7.23. The molecule has 45 heavy (non-hydrogen) atoms. The Labute approximate surface area is 262 Å². The number of urea groups is 1. The van der Waals surface area contributed by atoms with Gasteiger partial charge in [-0.15, -0.1) is 0 Å². The van der Waals surface area contributed by atoms with Gasteiger partial charge in [0.2, 0.25) is 5.91 Å². The maximum absolute atomic E-state index is 13.2. The van der Waals surface area contributed by atoms with Crippen LogP contribution in [-0.4, -0.2) is 53.2 Å². The number of amides is 3. The Morgan fingerprint density at radius 3 is 2.00 bits per heavy atom. The number of aliphatic carboxylic acids is 1. The van der Waals surface area contributed by atoms with E-state index in [0.717, 1.165) is 38.7 Å². The van der Waals surface area contributed by atoms with Gasteiger partial charge in [-0.3, -0.25) is 4.79 Å². The lowest BCUT2D eigenvalue weighted by atomic mass is 9.82. The fourth-order valence-electron chi connectivity index (χ4n) is 5.47. The molecule has 1 aromatic heterocycles. The van der Waals surface area contributed by atoms with E-state index in [0.29, 0.717) is 18.9 Å². The molecule has 0 saturated carbocycles. The molecular formula is C35H36N4O6. The molecule has 1 aliphatic rings. The highest BCUT2D eigenvalue weighted by atomic mass is 16.5. The fourth-order valence-corrected chi connectivity index (χ4v) is 5.47. The predicted octanol–water partition coefficient (Wildman–Crippen LogP) is 5.23. The third-order valence-electron chi connectivity index (χ3n) is 7.98. The van der Waals surface area contributed by atoms with Crippen LogP contribution in [0.15, 0.2) is 97.2 Å². The van der Waals surface area contributed by atoms with Crippen LogP contribution in [0.1, 0.15) is 35.2 Å². The second-order valence-corrected chi connectivity index (χ2v) is 11.0. The number of ether oxygens (including phenoxy) is 2. The summed E-state index contributed by atoms with van der Waals surface area (Å²) in [6.45, 7) is 2.87. The van der Waals surface area contributed by atoms with E-state index in [-0.39, 0.29) is 6.42 Å². The smallest absolute Gasteiger partial charge is 0.327 e. The van der Waals surface area contributed by atoms with Crippen molar-refractivity contribution in [3.05, 3.63) is 119 Å². The van der Waals surface area contributed by atoms with Gasteiger partial charge in [-0.2, -0.15) is 0 Å². The number of likely N-dealkylation sites (tertiary alicyclic amines) is 1. The van der Waals surface area contributed by atoms with Gasteiger partial charge in [0.15, 0.2) is 6.04 Å². The lowest BCUT2D eigenvalue weighted by Gasteiger charge is -2.43. The molecule has 4 aromatic rings. The Bertz CT molecular complexity index is 1580. The van der Waals surface area contributed by atoms with Crippen LogP contribution in [0.25, 0.3) is 0 Å². The molecule has 3 amide bonds. The van der Waals surface area contributed by atoms with Gasteiger partial charge in [-0.05, 0) is 72.0 Å². The minimum absolute atomic E-state index is 0.155. The Morgan fingerprint density at radius 1 is 0.889 bits per heavy atom. The van der Waals surface area contributed by atoms with Crippen molar-refractivity contribution in [1.82, 2.24) is 15.2 Å². The van der Waals surface area contributed by atoms with Crippen molar-refractivity contribution in [2.45, 2.75) is 38.5 Å². The number of nitrogens with one attached hydrogen (secondary N) is 1. The van der Waals surface area contributed by atoms with Crippen molar-refractivity contribution < 1.29 is 29.0 Å². The van der Waals surface area contributed by atoms with E-state index in [1.54, 1.807) is 33.4 Å². The van der Waals surface area contributed by atoms with Crippen LogP contribution >= 0.6 is 0 Å². The van der Waals surface area contributed by atoms with Gasteiger partial charge >= 0.3 is 12.0 Å². The highest BCUT2D eigenvalue weighted by Crippen LogP contribution is 2.32. The Morgan fingerprint density at radius 2 is 1.47 bits per heavy atom. The Balaban J connectivity index is 1.33. The third-order valence-corrected chi connectivity index (χ3v) is 7.98. The monoisotopic (exact) mass is 608 g/mol. The minimum Gasteiger partial charge on any atom is -0.497 e. The summed E-state index contributed by atoms with van der Waals surface area (Å²) in [4.78, 5) is 46.0. The van der Waals surface area contributed by atoms with Gasteiger partial charge in [0.1, 0.15) is 17.3 Å². The van der Waals surface area contributed by atoms with Gasteiger partial charge in [0, 0.05) is 19.3 Å². The fraction of sp³-hybridized carbons (Fsp3) is 0.257. The molecule has 2 heterocycles. The topological polar surface area (TPSA) is 121 Å². The summed E-state index contributed by atoms with van der Waals surface area (Å²) in [7, 11) is 3.25. The molecule has 10 heteroatoms. The highest BCUT2D eigenvalue weighted by Gasteiger charge is 2.54. The molecular weight excluding hydrogens is 572 g/mol. The molecule has 0 radical (unpaired) electrons. The van der Waals surface area contributed by atoms with Crippen molar-refractivity contribution >= 4 is 23.7 Å². The molecule has 1 aliphatic heterocycles. The Kier molecular flexibility index (Phi) is 9.62. The minimum atomic E-state index is -1.27. The number of aromatic nitrogens is 1. The van der Waals surface area contributed by atoms with Crippen LogP contribution in [0.2, 0.25) is 0 Å². The van der Waals surface area contributed by atoms with Crippen molar-refractivity contribution in [2.24, 2.45) is 5.92 Å². The first-order valence-corrected chi connectivity index (χ1v) is 14.6. The van der Waals surface area contributed by atoms with Crippen LogP contribution in [0.3, 0.4) is 0 Å². The molecule has 1 fully saturated rings. The summed E-state index contributed by atoms with van der Waals surface area (Å²) in [5.41, 5.74) is 3.68. The van der Waals surface area contributed by atoms with E-state index >= 15 is 0 Å². The van der Waals surface area contributed by atoms with E-state index in [2.05, 4.69) is 15.2 Å². The molecule has 3 atom stereocenters. The average molecular weight is 609 g/mol. The van der Waals surface area contributed by atoms with Gasteiger partial charge < -0.3 is 24.8 Å². The first kappa shape index (κ1) is 31.1. The molecule has 0 bridgehead atoms. The number of carboxylic acid groups (broad SMARTS) is 1. The van der Waals surface area contributed by atoms with Gasteiger partial charge in [0.25, 0.3) is 0 Å². The highest BCUT2D eigenvalue weighted by molar-refractivity contribution is 6.07. The molecule has 5 rings (SSSR count). The summed E-state index contributed by atoms with van der Waals surface area (Å²) in [5, 5.41) is 12.8. The first-order valence-electron chi connectivity index (χ1n) is 14.6. The zero-order valence-electron chi connectivity index (χ0n) is 25.4. The van der Waals surface area contributed by atoms with E-state index in [9.17, 15) is 19.5 Å². The number of β-lactam (4-membered cyclic amide) rings is 1. The van der Waals surface area contributed by atoms with Gasteiger partial charge in [0.05, 0.1) is 26.2 Å². The zero-order chi connectivity index (χ0) is 31.9. The summed E-state index contributed by atoms with van der Waals surface area (Å²) in [6.07, 6.45) is 1.81. The van der Waals surface area contributed by atoms with E-state index in [4.69, 9.17) is 9.47 Å². The summed E-state index contributed by atoms with van der Waals surface area (Å²) >= 11 is 0. The summed E-state index contributed by atoms with van der Waals surface area (Å²) in [5.74, 6) is -0.438. The normalized spacial score (nSPS) is 16.3. The van der Waals surface area contributed by atoms with Crippen LogP contribution < -0.4 is 19.7 Å². The number of anilines is 1. The number of carbonyl (C=O) groups is 3. The van der Waals surface area contributed by atoms with Crippen molar-refractivity contribution in [2.75, 3.05) is 19.1 Å². The molecule has 1 saturated heterocycles. The van der Waals surface area contributed by atoms with Crippen molar-refractivity contribution in [1.29, 1.82) is 0 Å². The molecule has 2 N–H and O–H groups in total. The van der Waals surface area contributed by atoms with Crippen LogP contribution in [0.5, 0.6) is 11.5 Å². The zero-order valence-corrected chi connectivity index (χ0v) is 25.4. The SMILES string of the molecule is COc1ccc(CN(Cc2ccc(OC)cc2)c2cc(C[C@H]3C(=O)N(C(=O)N[C@H](C)c4ccccc4)[C@@H]3C(=O)O)ccn2)cc1. The number of nitrogens with zero attached hydrogens (tertiary/aromatic N) is 3. The summed E-state index contributed by atoms with van der Waals surface area (Å²) < 4.78 is 10.6. The van der Waals surface area contributed by atoms with E-state index in [1.807, 2.05) is 84.9 Å². The number of hydrogen-bond acceptors (Lipinski definition) is 7. The number of carboxylic acids is 1. The number of carbonyl (C=O) groups excluding carboxylic acids is 2. The molecule has 10 nitrogen and oxygen atoms in total. The van der Waals surface area contributed by atoms with Crippen LogP contribution in [-0.2, 0) is 29.1 Å². The second-order valence-electron chi connectivity index (χ2n) is 11.0. The van der Waals surface area contributed by atoms with Gasteiger partial charge in [-0.25, -0.2) is 19.5 Å². The number of imide groups is 1. The molecule has 0 aliphatic carbocycles. The van der Waals surface area contributed by atoms with E-state index < -0.39 is 35.9 Å². The predicted molar refractivity (Wildman–Crippen MR) is 169 cm³/mol. The second kappa shape index (κ2) is 13.9. The lowest BCUT2D eigenvalue weighted by molar-refractivity contribution is -0.165. The summed E-state index contributed by atoms with van der Waals surface area (Å²) in [6, 6.07) is 26.1. The maximum atomic E-state index is 13.2. The van der Waals surface area contributed by atoms with Crippen molar-refractivity contribution in [3.63, 3.8) is 0 Å². The molecule has 3 aromatic carbocycles. The first-order chi connectivity index (χ1) is 21.8. The number of rotatable bonds is 12. The Hall–Kier alpha value is -5.38. The maximum Gasteiger partial charge on any atom is 0.327 e.